The van der Waals surface area contributed by atoms with Crippen molar-refractivity contribution in [2.24, 2.45) is 5.92 Å². The zero-order valence-corrected chi connectivity index (χ0v) is 18.5. The van der Waals surface area contributed by atoms with Crippen LogP contribution < -0.4 is 11.4 Å². The van der Waals surface area contributed by atoms with E-state index < -0.39 is 42.3 Å². The average Bonchev–Trinajstić information content (AvgIpc) is 2.97. The number of nitrogen functional groups attached to an aromatic ring is 1. The number of fused-ring (bicyclic) bond motifs is 1. The van der Waals surface area contributed by atoms with Crippen molar-refractivity contribution >= 4 is 31.4 Å². The van der Waals surface area contributed by atoms with Crippen LogP contribution in [0.4, 0.5) is 10.2 Å². The van der Waals surface area contributed by atoms with Crippen LogP contribution in [-0.4, -0.2) is 52.4 Å². The second kappa shape index (κ2) is 9.35. The van der Waals surface area contributed by atoms with Gasteiger partial charge in [-0.2, -0.15) is 4.98 Å². The number of alkyl halides is 1. The number of anilines is 1. The summed E-state index contributed by atoms with van der Waals surface area (Å²) in [4.78, 5) is 27.5. The fourth-order valence-corrected chi connectivity index (χ4v) is 6.09. The van der Waals surface area contributed by atoms with Crippen LogP contribution in [0.2, 0.25) is 0 Å². The van der Waals surface area contributed by atoms with Crippen LogP contribution in [-0.2, 0) is 27.7 Å². The number of hydrogen-bond donors (Lipinski definition) is 1. The lowest BCUT2D eigenvalue weighted by Crippen LogP contribution is -2.38. The van der Waals surface area contributed by atoms with Crippen LogP contribution in [0.1, 0.15) is 32.6 Å². The number of halogens is 1. The number of nitrogens with two attached hydrogens (primary N) is 1. The van der Waals surface area contributed by atoms with Gasteiger partial charge in [-0.15, -0.1) is 11.8 Å². The Kier molecular flexibility index (Phi) is 7.24. The van der Waals surface area contributed by atoms with Gasteiger partial charge in [0.15, 0.2) is 6.17 Å². The summed E-state index contributed by atoms with van der Waals surface area (Å²) < 4.78 is 49.9. The largest absolute Gasteiger partial charge is 0.475 e. The molecular weight excluding hydrogens is 440 g/mol. The molecule has 13 heteroatoms. The fraction of sp³-hybridized carbons (Fsp3) is 0.706. The van der Waals surface area contributed by atoms with Gasteiger partial charge in [0.05, 0.1) is 30.5 Å². The van der Waals surface area contributed by atoms with Crippen LogP contribution in [0.3, 0.4) is 0 Å². The Morgan fingerprint density at radius 2 is 2.23 bits per heavy atom. The summed E-state index contributed by atoms with van der Waals surface area (Å²) >= 11 is 1.13. The van der Waals surface area contributed by atoms with Crippen molar-refractivity contribution in [3.8, 4) is 0 Å². The third-order valence-corrected chi connectivity index (χ3v) is 7.58. The Bertz CT molecular complexity index is 885. The molecule has 0 unspecified atom stereocenters. The van der Waals surface area contributed by atoms with Gasteiger partial charge < -0.3 is 10.5 Å². The fourth-order valence-electron chi connectivity index (χ4n) is 3.02. The van der Waals surface area contributed by atoms with E-state index in [1.165, 1.54) is 12.3 Å². The summed E-state index contributed by atoms with van der Waals surface area (Å²) in [6.07, 6.45) is -1.35. The molecule has 30 heavy (non-hydrogen) atoms. The summed E-state index contributed by atoms with van der Waals surface area (Å²) in [5.74, 6) is -0.823. The Labute approximate surface area is 177 Å². The summed E-state index contributed by atoms with van der Waals surface area (Å²) in [6, 6.07) is 1.40. The van der Waals surface area contributed by atoms with Crippen LogP contribution in [0.5, 0.6) is 0 Å². The first kappa shape index (κ1) is 23.2. The predicted octanol–water partition coefficient (Wildman–Crippen LogP) is 2.30. The molecule has 1 aromatic rings. The van der Waals surface area contributed by atoms with Gasteiger partial charge in [0.2, 0.25) is 0 Å². The minimum absolute atomic E-state index is 0.0380. The number of phosphoric ester groups is 1. The molecule has 2 saturated heterocycles. The maximum atomic E-state index is 15.1. The second-order valence-corrected chi connectivity index (χ2v) is 10.4. The number of esters is 1. The van der Waals surface area contributed by atoms with Crippen LogP contribution in [0.25, 0.3) is 0 Å². The van der Waals surface area contributed by atoms with Crippen molar-refractivity contribution in [2.75, 3.05) is 18.9 Å². The third kappa shape index (κ3) is 5.23. The molecule has 3 heterocycles. The highest BCUT2D eigenvalue weighted by Gasteiger charge is 2.54. The number of rotatable bonds is 7. The average molecular weight is 465 g/mol. The number of phosphoric acid groups is 1. The summed E-state index contributed by atoms with van der Waals surface area (Å²) in [5.41, 5.74) is 4.79. The van der Waals surface area contributed by atoms with Crippen molar-refractivity contribution in [3.05, 3.63) is 22.7 Å². The number of ether oxygens (including phenoxy) is 1. The van der Waals surface area contributed by atoms with Crippen LogP contribution in [0, 0.1) is 5.92 Å². The highest BCUT2D eigenvalue weighted by molar-refractivity contribution is 8.00. The van der Waals surface area contributed by atoms with E-state index in [9.17, 15) is 14.2 Å². The molecular formula is C17H25FN3O7PS. The molecule has 2 N–H and O–H groups in total. The van der Waals surface area contributed by atoms with E-state index in [-0.39, 0.29) is 37.5 Å². The first-order valence-electron chi connectivity index (χ1n) is 9.52. The lowest BCUT2D eigenvalue weighted by atomic mass is 10.1. The SMILES string of the molecule is CC(C)OC(=O)[C@H](C)CCO[P@]1(=O)OC[C@H]2S[C@@H](n3ccc(N)nc3=O)[C@@H](F)[C@@H]2O1. The summed E-state index contributed by atoms with van der Waals surface area (Å²) in [7, 11) is -4.00. The van der Waals surface area contributed by atoms with Gasteiger partial charge in [0.1, 0.15) is 17.3 Å². The normalized spacial score (nSPS) is 32.0. The van der Waals surface area contributed by atoms with E-state index in [1.807, 2.05) is 0 Å². The van der Waals surface area contributed by atoms with Gasteiger partial charge >= 0.3 is 19.5 Å². The molecule has 3 rings (SSSR count). The molecule has 0 saturated carbocycles. The Morgan fingerprint density at radius 1 is 1.50 bits per heavy atom. The van der Waals surface area contributed by atoms with E-state index >= 15 is 4.39 Å². The lowest BCUT2D eigenvalue weighted by molar-refractivity contribution is -0.152. The molecule has 1 aromatic heterocycles. The molecule has 2 fully saturated rings. The molecule has 0 aromatic carbocycles. The van der Waals surface area contributed by atoms with Gasteiger partial charge in [-0.05, 0) is 26.3 Å². The van der Waals surface area contributed by atoms with Gasteiger partial charge in [0.25, 0.3) is 0 Å². The van der Waals surface area contributed by atoms with Crippen molar-refractivity contribution < 1.29 is 32.1 Å². The quantitative estimate of drug-likeness (QED) is 0.472. The molecule has 0 amide bonds. The van der Waals surface area contributed by atoms with Gasteiger partial charge in [0, 0.05) is 6.20 Å². The number of hydrogen-bond acceptors (Lipinski definition) is 10. The maximum Gasteiger partial charge on any atom is 0.475 e. The minimum Gasteiger partial charge on any atom is -0.463 e. The van der Waals surface area contributed by atoms with E-state index in [0.717, 1.165) is 16.3 Å². The molecule has 10 nitrogen and oxygen atoms in total. The van der Waals surface area contributed by atoms with E-state index in [1.54, 1.807) is 20.8 Å². The van der Waals surface area contributed by atoms with Gasteiger partial charge in [-0.25, -0.2) is 13.8 Å². The lowest BCUT2D eigenvalue weighted by Gasteiger charge is -2.31. The van der Waals surface area contributed by atoms with Gasteiger partial charge in [-0.3, -0.25) is 22.9 Å². The first-order chi connectivity index (χ1) is 14.1. The maximum absolute atomic E-state index is 15.1. The molecule has 6 atom stereocenters. The van der Waals surface area contributed by atoms with Gasteiger partial charge in [-0.1, -0.05) is 6.92 Å². The van der Waals surface area contributed by atoms with Crippen molar-refractivity contribution in [2.45, 2.75) is 56.2 Å². The van der Waals surface area contributed by atoms with E-state index in [2.05, 4.69) is 4.98 Å². The number of nitrogens with zero attached hydrogens (tertiary/aromatic N) is 2. The van der Waals surface area contributed by atoms with Crippen LogP contribution >= 0.6 is 19.6 Å². The van der Waals surface area contributed by atoms with Crippen molar-refractivity contribution in [1.82, 2.24) is 9.55 Å². The van der Waals surface area contributed by atoms with E-state index in [4.69, 9.17) is 24.0 Å². The number of carbonyl (C=O) groups is 1. The number of carbonyl (C=O) groups excluding carboxylic acids is 1. The monoisotopic (exact) mass is 465 g/mol. The van der Waals surface area contributed by atoms with E-state index in [0.29, 0.717) is 0 Å². The zero-order chi connectivity index (χ0) is 22.1. The standard InChI is InChI=1S/C17H25FN3O7PS/c1-9(2)27-16(22)10(3)5-7-25-29(24)26-8-11-14(28-29)13(18)15(30-11)21-6-4-12(19)20-17(21)23/h4,6,9-11,13-15H,5,7-8H2,1-3H3,(H2,19,20,23)/t10-,11-,13+,14-,15-,29-/m1/s1. The molecule has 0 bridgehead atoms. The highest BCUT2D eigenvalue weighted by Crippen LogP contribution is 2.60. The molecule has 0 spiro atoms. The Balaban J connectivity index is 1.58. The molecule has 0 aliphatic carbocycles. The third-order valence-electron chi connectivity index (χ3n) is 4.59. The first-order valence-corrected chi connectivity index (χ1v) is 11.9. The summed E-state index contributed by atoms with van der Waals surface area (Å²) in [6.45, 7) is 5.00. The highest BCUT2D eigenvalue weighted by atomic mass is 32.2. The number of thioether (sulfide) groups is 1. The summed E-state index contributed by atoms with van der Waals surface area (Å²) in [5, 5.41) is -1.39. The molecule has 2 aliphatic heterocycles. The molecule has 168 valence electrons. The zero-order valence-electron chi connectivity index (χ0n) is 16.8. The molecule has 0 radical (unpaired) electrons. The second-order valence-electron chi connectivity index (χ2n) is 7.37. The van der Waals surface area contributed by atoms with Crippen molar-refractivity contribution in [1.29, 1.82) is 0 Å². The molecule has 2 aliphatic rings. The smallest absolute Gasteiger partial charge is 0.463 e. The topological polar surface area (TPSA) is 132 Å². The number of aromatic nitrogens is 2. The van der Waals surface area contributed by atoms with Crippen molar-refractivity contribution in [3.63, 3.8) is 0 Å². The minimum atomic E-state index is -4.00. The predicted molar refractivity (Wildman–Crippen MR) is 108 cm³/mol. The Morgan fingerprint density at radius 3 is 2.90 bits per heavy atom. The Hall–Kier alpha value is -1.46. The van der Waals surface area contributed by atoms with Crippen LogP contribution in [0.15, 0.2) is 17.1 Å².